The predicted octanol–water partition coefficient (Wildman–Crippen LogP) is 1.58. The maximum atomic E-state index is 12.7. The third kappa shape index (κ3) is 3.29. The van der Waals surface area contributed by atoms with Crippen LogP contribution in [-0.4, -0.2) is 35.6 Å². The Bertz CT molecular complexity index is 740. The first-order chi connectivity index (χ1) is 11.7. The lowest BCUT2D eigenvalue weighted by Crippen LogP contribution is -2.56. The molecule has 1 aromatic carbocycles. The third-order valence-corrected chi connectivity index (χ3v) is 3.65. The van der Waals surface area contributed by atoms with Crippen molar-refractivity contribution in [1.29, 1.82) is 0 Å². The number of carbonyl (C=O) groups is 2. The molecule has 0 spiro atoms. The number of furan rings is 1. The van der Waals surface area contributed by atoms with Gasteiger partial charge in [-0.05, 0) is 31.2 Å². The first-order valence-electron chi connectivity index (χ1n) is 7.70. The van der Waals surface area contributed by atoms with Crippen LogP contribution in [0.1, 0.15) is 12.7 Å². The highest BCUT2D eigenvalue weighted by Gasteiger charge is 2.28. The van der Waals surface area contributed by atoms with E-state index in [-0.39, 0.29) is 24.2 Å². The molecule has 7 heteroatoms. The zero-order valence-corrected chi connectivity index (χ0v) is 13.3. The van der Waals surface area contributed by atoms with Crippen molar-refractivity contribution in [2.24, 2.45) is 4.99 Å². The minimum atomic E-state index is -0.276. The predicted molar refractivity (Wildman–Crippen MR) is 89.2 cm³/mol. The highest BCUT2D eigenvalue weighted by atomic mass is 16.3. The van der Waals surface area contributed by atoms with Crippen molar-refractivity contribution in [3.8, 4) is 0 Å². The molecular formula is C17H18N4O3. The lowest BCUT2D eigenvalue weighted by Gasteiger charge is -2.29. The third-order valence-electron chi connectivity index (χ3n) is 3.65. The van der Waals surface area contributed by atoms with Gasteiger partial charge in [0.25, 0.3) is 11.8 Å². The number of aliphatic imine (C=N–C) groups is 1. The van der Waals surface area contributed by atoms with Crippen molar-refractivity contribution < 1.29 is 14.0 Å². The summed E-state index contributed by atoms with van der Waals surface area (Å²) < 4.78 is 5.29. The molecular weight excluding hydrogens is 308 g/mol. The molecule has 124 valence electrons. The first kappa shape index (κ1) is 15.8. The molecule has 0 aliphatic carbocycles. The quantitative estimate of drug-likeness (QED) is 0.905. The molecule has 0 bridgehead atoms. The molecule has 0 fully saturated rings. The molecule has 1 aromatic heterocycles. The maximum Gasteiger partial charge on any atom is 0.291 e. The number of anilines is 1. The number of hydrazine groups is 1. The van der Waals surface area contributed by atoms with E-state index >= 15 is 0 Å². The van der Waals surface area contributed by atoms with E-state index < -0.39 is 0 Å². The fraction of sp³-hybridized carbons (Fsp3) is 0.235. The van der Waals surface area contributed by atoms with Gasteiger partial charge >= 0.3 is 0 Å². The topological polar surface area (TPSA) is 78.2 Å². The van der Waals surface area contributed by atoms with Gasteiger partial charge < -0.3 is 9.32 Å². The van der Waals surface area contributed by atoms with E-state index in [4.69, 9.17) is 4.42 Å². The molecule has 0 unspecified atom stereocenters. The van der Waals surface area contributed by atoms with E-state index in [1.54, 1.807) is 29.4 Å². The van der Waals surface area contributed by atoms with Gasteiger partial charge in [-0.3, -0.25) is 20.0 Å². The van der Waals surface area contributed by atoms with E-state index in [9.17, 15) is 9.59 Å². The molecule has 0 saturated carbocycles. The van der Waals surface area contributed by atoms with Gasteiger partial charge in [0.15, 0.2) is 0 Å². The normalized spacial score (nSPS) is 14.1. The van der Waals surface area contributed by atoms with Crippen LogP contribution in [0.4, 0.5) is 5.69 Å². The summed E-state index contributed by atoms with van der Waals surface area (Å²) in [6.07, 6.45) is 1.57. The smallest absolute Gasteiger partial charge is 0.291 e. The minimum Gasteiger partial charge on any atom is -0.467 e. The minimum absolute atomic E-state index is 0.0682. The van der Waals surface area contributed by atoms with Crippen LogP contribution in [0.2, 0.25) is 0 Å². The molecule has 2 heterocycles. The van der Waals surface area contributed by atoms with Crippen molar-refractivity contribution in [1.82, 2.24) is 10.3 Å². The fourth-order valence-corrected chi connectivity index (χ4v) is 2.39. The molecule has 2 amide bonds. The van der Waals surface area contributed by atoms with Crippen molar-refractivity contribution >= 4 is 23.3 Å². The van der Waals surface area contributed by atoms with Gasteiger partial charge in [-0.25, -0.2) is 5.01 Å². The highest BCUT2D eigenvalue weighted by molar-refractivity contribution is 6.39. The van der Waals surface area contributed by atoms with Gasteiger partial charge in [-0.1, -0.05) is 18.2 Å². The van der Waals surface area contributed by atoms with E-state index in [2.05, 4.69) is 10.4 Å². The number of benzene rings is 1. The Kier molecular flexibility index (Phi) is 4.60. The number of nitrogens with zero attached hydrogens (tertiary/aromatic N) is 3. The number of amides is 2. The lowest BCUT2D eigenvalue weighted by molar-refractivity contribution is -0.125. The zero-order valence-electron chi connectivity index (χ0n) is 13.3. The van der Waals surface area contributed by atoms with Gasteiger partial charge in [-0.2, -0.15) is 0 Å². The Morgan fingerprint density at radius 2 is 2.08 bits per heavy atom. The molecule has 0 saturated heterocycles. The summed E-state index contributed by atoms with van der Waals surface area (Å²) in [4.78, 5) is 30.4. The van der Waals surface area contributed by atoms with Crippen LogP contribution in [0.5, 0.6) is 0 Å². The average molecular weight is 326 g/mol. The lowest BCUT2D eigenvalue weighted by atomic mass is 10.3. The number of carbonyl (C=O) groups excluding carboxylic acids is 2. The number of likely N-dealkylation sites (N-methyl/N-ethyl adjacent to an activating group) is 1. The van der Waals surface area contributed by atoms with Gasteiger partial charge in [-0.15, -0.1) is 0 Å². The number of para-hydroxylation sites is 1. The van der Waals surface area contributed by atoms with Gasteiger partial charge in [0.05, 0.1) is 18.5 Å². The van der Waals surface area contributed by atoms with Gasteiger partial charge in [0, 0.05) is 6.54 Å². The van der Waals surface area contributed by atoms with Crippen LogP contribution in [0.3, 0.4) is 0 Å². The molecule has 0 atom stereocenters. The Morgan fingerprint density at radius 1 is 1.29 bits per heavy atom. The second kappa shape index (κ2) is 6.99. The number of nitrogens with one attached hydrogen (secondary N) is 1. The largest absolute Gasteiger partial charge is 0.467 e. The Hall–Kier alpha value is -3.09. The SMILES string of the molecule is CCN(Cc1ccco1)C(=O)C1=NCC(=O)N(c2ccccc2)N1. The van der Waals surface area contributed by atoms with Gasteiger partial charge in [0.2, 0.25) is 5.84 Å². The molecule has 24 heavy (non-hydrogen) atoms. The molecule has 2 aromatic rings. The van der Waals surface area contributed by atoms with Crippen LogP contribution in [0.15, 0.2) is 58.1 Å². The second-order valence-corrected chi connectivity index (χ2v) is 5.24. The highest BCUT2D eigenvalue weighted by Crippen LogP contribution is 2.14. The number of hydrogen-bond acceptors (Lipinski definition) is 5. The summed E-state index contributed by atoms with van der Waals surface area (Å²) in [6, 6.07) is 12.7. The van der Waals surface area contributed by atoms with E-state index in [0.717, 1.165) is 0 Å². The zero-order chi connectivity index (χ0) is 16.9. The number of amidine groups is 1. The molecule has 1 aliphatic heterocycles. The Balaban J connectivity index is 1.75. The summed E-state index contributed by atoms with van der Waals surface area (Å²) >= 11 is 0. The average Bonchev–Trinajstić information content (AvgIpc) is 3.13. The monoisotopic (exact) mass is 326 g/mol. The summed E-state index contributed by atoms with van der Waals surface area (Å²) in [5.41, 5.74) is 3.49. The van der Waals surface area contributed by atoms with Crippen LogP contribution in [0.25, 0.3) is 0 Å². The summed E-state index contributed by atoms with van der Waals surface area (Å²) in [7, 11) is 0. The fourth-order valence-electron chi connectivity index (χ4n) is 2.39. The molecule has 1 N–H and O–H groups in total. The van der Waals surface area contributed by atoms with Crippen molar-refractivity contribution in [2.45, 2.75) is 13.5 Å². The summed E-state index contributed by atoms with van der Waals surface area (Å²) in [5.74, 6) is 0.346. The van der Waals surface area contributed by atoms with Crippen LogP contribution < -0.4 is 10.4 Å². The van der Waals surface area contributed by atoms with E-state index in [1.165, 1.54) is 5.01 Å². The Labute approximate surface area is 139 Å². The van der Waals surface area contributed by atoms with Crippen LogP contribution >= 0.6 is 0 Å². The second-order valence-electron chi connectivity index (χ2n) is 5.24. The number of hydrogen-bond donors (Lipinski definition) is 1. The molecule has 1 aliphatic rings. The Morgan fingerprint density at radius 3 is 2.75 bits per heavy atom. The van der Waals surface area contributed by atoms with E-state index in [1.807, 2.05) is 31.2 Å². The first-order valence-corrected chi connectivity index (χ1v) is 7.70. The number of rotatable bonds is 5. The molecule has 0 radical (unpaired) electrons. The van der Waals surface area contributed by atoms with Gasteiger partial charge in [0.1, 0.15) is 12.3 Å². The maximum absolute atomic E-state index is 12.7. The van der Waals surface area contributed by atoms with Crippen molar-refractivity contribution in [3.63, 3.8) is 0 Å². The van der Waals surface area contributed by atoms with Crippen LogP contribution in [0, 0.1) is 0 Å². The van der Waals surface area contributed by atoms with E-state index in [0.29, 0.717) is 24.5 Å². The van der Waals surface area contributed by atoms with Crippen molar-refractivity contribution in [3.05, 3.63) is 54.5 Å². The molecule has 3 rings (SSSR count). The molecule has 7 nitrogen and oxygen atoms in total. The summed E-state index contributed by atoms with van der Waals surface area (Å²) in [6.45, 7) is 2.66. The standard InChI is InChI=1S/C17H18N4O3/c1-2-20(12-14-9-6-10-24-14)17(23)16-18-11-15(22)21(19-16)13-7-4-3-5-8-13/h3-10H,2,11-12H2,1H3,(H,18,19). The van der Waals surface area contributed by atoms with Crippen LogP contribution in [-0.2, 0) is 16.1 Å². The summed E-state index contributed by atoms with van der Waals surface area (Å²) in [5, 5.41) is 1.35. The van der Waals surface area contributed by atoms with Crippen molar-refractivity contribution in [2.75, 3.05) is 18.1 Å².